The van der Waals surface area contributed by atoms with Crippen molar-refractivity contribution in [2.24, 2.45) is 17.3 Å². The quantitative estimate of drug-likeness (QED) is 0.284. The molecule has 0 saturated carbocycles. The number of ketones is 1. The number of aliphatic hydroxyl groups excluding tert-OH is 1. The second-order valence-electron chi connectivity index (χ2n) is 15.8. The Hall–Kier alpha value is -1.27. The lowest BCUT2D eigenvalue weighted by Crippen LogP contribution is -2.59. The van der Waals surface area contributed by atoms with Crippen molar-refractivity contribution in [3.05, 3.63) is 0 Å². The van der Waals surface area contributed by atoms with Crippen molar-refractivity contribution in [2.75, 3.05) is 81.6 Å². The van der Waals surface area contributed by atoms with Crippen LogP contribution in [0.2, 0.25) is 0 Å². The van der Waals surface area contributed by atoms with Gasteiger partial charge in [-0.15, -0.1) is 0 Å². The van der Waals surface area contributed by atoms with E-state index in [4.69, 9.17) is 18.9 Å². The number of cyclic esters (lactones) is 1. The van der Waals surface area contributed by atoms with Crippen molar-refractivity contribution in [3.8, 4) is 0 Å². The maximum atomic E-state index is 14.3. The van der Waals surface area contributed by atoms with E-state index in [1.807, 2.05) is 46.8 Å². The minimum Gasteiger partial charge on any atom is -0.460 e. The van der Waals surface area contributed by atoms with Crippen LogP contribution >= 0.6 is 0 Å². The van der Waals surface area contributed by atoms with E-state index in [9.17, 15) is 23.1 Å². The molecule has 3 heterocycles. The summed E-state index contributed by atoms with van der Waals surface area (Å²) in [5, 5.41) is 11.4. The fourth-order valence-electron chi connectivity index (χ4n) is 7.78. The summed E-state index contributed by atoms with van der Waals surface area (Å²) in [5.41, 5.74) is -2.50. The van der Waals surface area contributed by atoms with E-state index in [1.165, 1.54) is 22.7 Å². The second kappa shape index (κ2) is 16.6. The number of methoxy groups -OCH3 is 1. The summed E-state index contributed by atoms with van der Waals surface area (Å²) in [7, 11) is 6.98. The Balaban J connectivity index is 1.94. The van der Waals surface area contributed by atoms with Gasteiger partial charge in [-0.25, -0.2) is 0 Å². The molecule has 0 bridgehead atoms. The molecule has 3 fully saturated rings. The fourth-order valence-corrected chi connectivity index (χ4v) is 8.86. The number of hydrogen-bond acceptors (Lipinski definition) is 12. The fraction of sp³-hybridized carbons (Fsp3) is 0.941. The number of likely N-dealkylation sites (N-methyl/N-ethyl adjacent to an activating group) is 2. The summed E-state index contributed by atoms with van der Waals surface area (Å²) in [5.74, 6) is -1.74. The van der Waals surface area contributed by atoms with Gasteiger partial charge in [0, 0.05) is 72.4 Å². The number of nitrogens with zero attached hydrogens (tertiary/aromatic N) is 5. The Morgan fingerprint density at radius 3 is 2.12 bits per heavy atom. The molecule has 3 rings (SSSR count). The Morgan fingerprint density at radius 2 is 1.59 bits per heavy atom. The highest BCUT2D eigenvalue weighted by Gasteiger charge is 2.52. The molecule has 286 valence electrons. The smallest absolute Gasteiger partial charge is 0.319 e. The molecule has 49 heavy (non-hydrogen) atoms. The zero-order valence-corrected chi connectivity index (χ0v) is 33.0. The van der Waals surface area contributed by atoms with Gasteiger partial charge in [-0.2, -0.15) is 17.0 Å². The van der Waals surface area contributed by atoms with Gasteiger partial charge >= 0.3 is 5.97 Å². The van der Waals surface area contributed by atoms with Gasteiger partial charge in [-0.05, 0) is 74.5 Å². The molecule has 14 nitrogen and oxygen atoms in total. The molecule has 0 aromatic rings. The molecule has 0 amide bonds. The summed E-state index contributed by atoms with van der Waals surface area (Å²) in [6.45, 7) is 15.7. The third-order valence-electron chi connectivity index (χ3n) is 10.9. The summed E-state index contributed by atoms with van der Waals surface area (Å²) >= 11 is 0. The molecule has 0 aliphatic carbocycles. The maximum absolute atomic E-state index is 14.3. The third kappa shape index (κ3) is 9.59. The number of ether oxygens (including phenoxy) is 4. The van der Waals surface area contributed by atoms with E-state index in [0.717, 1.165) is 0 Å². The van der Waals surface area contributed by atoms with Gasteiger partial charge in [0.25, 0.3) is 10.2 Å². The van der Waals surface area contributed by atoms with Gasteiger partial charge in [0.1, 0.15) is 17.6 Å². The van der Waals surface area contributed by atoms with Gasteiger partial charge < -0.3 is 29.0 Å². The standard InChI is InChI=1S/C34H65N5O9S/c1-22-19-34(7,45-13)30(48-31-28(40)26(35(8)9)18-23(2)46-31)24(3)29(41)33(5,6)32(42)47-25(4)27(37(12)20-22)21-38-14-16-39(17-15-38)49(43,44)36(10)11/h22-28,30-31,40H,14-21H2,1-13H3/t22-,23-,24+,25+,26+,27+,28-,30-,31+,34-/m1/s1. The summed E-state index contributed by atoms with van der Waals surface area (Å²) in [4.78, 5) is 34.6. The van der Waals surface area contributed by atoms with E-state index in [1.54, 1.807) is 27.9 Å². The van der Waals surface area contributed by atoms with Crippen LogP contribution in [-0.2, 0) is 38.7 Å². The molecule has 0 unspecified atom stereocenters. The number of carbonyl (C=O) groups is 2. The lowest BCUT2D eigenvalue weighted by molar-refractivity contribution is -0.295. The SMILES string of the molecule is CO[C@]1(C)C[C@@H](C)CN(C)[C@@H](CN2CCN(S(=O)(=O)N(C)C)CC2)[C@H](C)OC(=O)C(C)(C)C(=O)[C@H](C)[C@H]1O[C@@H]1O[C@H](C)C[C@H](N(C)C)[C@H]1O. The molecule has 0 aromatic carbocycles. The van der Waals surface area contributed by atoms with Crippen LogP contribution in [0, 0.1) is 17.3 Å². The first-order valence-corrected chi connectivity index (χ1v) is 19.0. The number of hydrogen-bond donors (Lipinski definition) is 1. The lowest BCUT2D eigenvalue weighted by atomic mass is 9.74. The topological polar surface area (TPSA) is 142 Å². The highest BCUT2D eigenvalue weighted by atomic mass is 32.2. The highest BCUT2D eigenvalue weighted by Crippen LogP contribution is 2.38. The summed E-state index contributed by atoms with van der Waals surface area (Å²) in [6.07, 6.45) is -2.44. The van der Waals surface area contributed by atoms with E-state index < -0.39 is 57.7 Å². The van der Waals surface area contributed by atoms with Crippen LogP contribution in [0.3, 0.4) is 0 Å². The molecule has 3 aliphatic heterocycles. The average molecular weight is 720 g/mol. The zero-order valence-electron chi connectivity index (χ0n) is 32.2. The Labute approximate surface area is 295 Å². The molecular weight excluding hydrogens is 654 g/mol. The number of esters is 1. The van der Waals surface area contributed by atoms with Gasteiger partial charge in [-0.3, -0.25) is 19.4 Å². The molecule has 0 aromatic heterocycles. The minimum atomic E-state index is -3.50. The van der Waals surface area contributed by atoms with Crippen LogP contribution in [0.25, 0.3) is 0 Å². The van der Waals surface area contributed by atoms with Gasteiger partial charge in [0.2, 0.25) is 0 Å². The van der Waals surface area contributed by atoms with E-state index >= 15 is 0 Å². The van der Waals surface area contributed by atoms with Crippen LogP contribution in [0.15, 0.2) is 0 Å². The molecule has 15 heteroatoms. The van der Waals surface area contributed by atoms with Crippen LogP contribution < -0.4 is 0 Å². The Morgan fingerprint density at radius 1 is 1.00 bits per heavy atom. The van der Waals surface area contributed by atoms with Crippen molar-refractivity contribution in [2.45, 2.75) is 110 Å². The summed E-state index contributed by atoms with van der Waals surface area (Å²) < 4.78 is 53.2. The molecule has 0 spiro atoms. The third-order valence-corrected chi connectivity index (χ3v) is 12.9. The van der Waals surface area contributed by atoms with Crippen molar-refractivity contribution in [1.82, 2.24) is 23.3 Å². The molecule has 0 radical (unpaired) electrons. The molecule has 10 atom stereocenters. The first-order chi connectivity index (χ1) is 22.6. The van der Waals surface area contributed by atoms with Crippen molar-refractivity contribution < 1.29 is 42.1 Å². The number of aliphatic hydroxyl groups is 1. The minimum absolute atomic E-state index is 0.0512. The van der Waals surface area contributed by atoms with E-state index in [2.05, 4.69) is 16.7 Å². The Bertz CT molecular complexity index is 1230. The van der Waals surface area contributed by atoms with Crippen LogP contribution in [0.1, 0.15) is 61.3 Å². The molecule has 3 saturated heterocycles. The summed E-state index contributed by atoms with van der Waals surface area (Å²) in [6, 6.07) is -0.440. The van der Waals surface area contributed by atoms with Crippen molar-refractivity contribution in [1.29, 1.82) is 0 Å². The number of piperazine rings is 1. The van der Waals surface area contributed by atoms with Crippen molar-refractivity contribution in [3.63, 3.8) is 0 Å². The number of rotatable bonds is 8. The number of Topliss-reactive ketones (excluding diaryl/α,β-unsaturated/α-hetero) is 1. The van der Waals surface area contributed by atoms with E-state index in [0.29, 0.717) is 52.1 Å². The van der Waals surface area contributed by atoms with E-state index in [-0.39, 0.29) is 29.9 Å². The van der Waals surface area contributed by atoms with Gasteiger partial charge in [0.15, 0.2) is 12.1 Å². The molecular formula is C34H65N5O9S. The first-order valence-electron chi connectivity index (χ1n) is 17.6. The predicted molar refractivity (Wildman–Crippen MR) is 187 cm³/mol. The van der Waals surface area contributed by atoms with Crippen LogP contribution in [0.4, 0.5) is 0 Å². The first kappa shape index (κ1) is 42.1. The second-order valence-corrected chi connectivity index (χ2v) is 18.0. The van der Waals surface area contributed by atoms with Crippen molar-refractivity contribution >= 4 is 22.0 Å². The van der Waals surface area contributed by atoms with Crippen LogP contribution in [-0.4, -0.2) is 179 Å². The average Bonchev–Trinajstić information content (AvgIpc) is 3.02. The molecule has 1 N–H and O–H groups in total. The van der Waals surface area contributed by atoms with Gasteiger partial charge in [-0.1, -0.05) is 13.8 Å². The normalized spacial score (nSPS) is 38.6. The molecule has 3 aliphatic rings. The predicted octanol–water partition coefficient (Wildman–Crippen LogP) is 1.13. The lowest BCUT2D eigenvalue weighted by Gasteiger charge is -2.47. The zero-order chi connectivity index (χ0) is 37.2. The van der Waals surface area contributed by atoms with Crippen LogP contribution in [0.5, 0.6) is 0 Å². The monoisotopic (exact) mass is 719 g/mol. The highest BCUT2D eigenvalue weighted by molar-refractivity contribution is 7.86. The number of carbonyl (C=O) groups excluding carboxylic acids is 2. The Kier molecular flexibility index (Phi) is 14.3. The van der Waals surface area contributed by atoms with Gasteiger partial charge in [0.05, 0.1) is 23.9 Å². The largest absolute Gasteiger partial charge is 0.460 e. The maximum Gasteiger partial charge on any atom is 0.319 e.